The molecule has 6 nitrogen and oxygen atoms in total. The van der Waals surface area contributed by atoms with E-state index in [1.54, 1.807) is 14.0 Å². The van der Waals surface area contributed by atoms with E-state index >= 15 is 0 Å². The molecule has 0 fully saturated rings. The summed E-state index contributed by atoms with van der Waals surface area (Å²) in [6.45, 7) is 7.27. The molecule has 0 aromatic carbocycles. The van der Waals surface area contributed by atoms with E-state index in [-0.39, 0.29) is 24.4 Å². The summed E-state index contributed by atoms with van der Waals surface area (Å²) in [5, 5.41) is 11.6. The number of amides is 1. The summed E-state index contributed by atoms with van der Waals surface area (Å²) in [5.41, 5.74) is 0. The zero-order valence-corrected chi connectivity index (χ0v) is 12.3. The van der Waals surface area contributed by atoms with Crippen LogP contribution in [0.25, 0.3) is 0 Å². The molecule has 0 saturated heterocycles. The first-order valence-corrected chi connectivity index (χ1v) is 6.64. The maximum atomic E-state index is 12.0. The zero-order chi connectivity index (χ0) is 14.8. The van der Waals surface area contributed by atoms with Gasteiger partial charge in [0.05, 0.1) is 12.5 Å². The van der Waals surface area contributed by atoms with Gasteiger partial charge in [0, 0.05) is 32.8 Å². The largest absolute Gasteiger partial charge is 0.481 e. The fourth-order valence-electron chi connectivity index (χ4n) is 1.85. The number of carboxylic acid groups (broad SMARTS) is 1. The highest BCUT2D eigenvalue weighted by molar-refractivity contribution is 5.81. The van der Waals surface area contributed by atoms with E-state index in [0.29, 0.717) is 19.7 Å². The normalized spacial score (nSPS) is 12.7. The number of rotatable bonds is 10. The van der Waals surface area contributed by atoms with Gasteiger partial charge in [-0.15, -0.1) is 0 Å². The number of carbonyl (C=O) groups is 2. The molecule has 0 spiro atoms. The first-order valence-electron chi connectivity index (χ1n) is 6.64. The molecule has 0 heterocycles. The third-order valence-electron chi connectivity index (χ3n) is 2.95. The summed E-state index contributed by atoms with van der Waals surface area (Å²) in [4.78, 5) is 24.5. The second-order valence-electron chi connectivity index (χ2n) is 4.79. The van der Waals surface area contributed by atoms with Crippen molar-refractivity contribution in [2.24, 2.45) is 0 Å². The van der Waals surface area contributed by atoms with Crippen LogP contribution in [0, 0.1) is 0 Å². The third-order valence-corrected chi connectivity index (χ3v) is 2.95. The number of carbonyl (C=O) groups excluding carboxylic acids is 1. The number of methoxy groups -OCH3 is 1. The molecule has 0 rings (SSSR count). The predicted molar refractivity (Wildman–Crippen MR) is 73.1 cm³/mol. The van der Waals surface area contributed by atoms with Crippen molar-refractivity contribution < 1.29 is 19.4 Å². The van der Waals surface area contributed by atoms with E-state index in [4.69, 9.17) is 9.84 Å². The summed E-state index contributed by atoms with van der Waals surface area (Å²) < 4.78 is 4.91. The Balaban J connectivity index is 4.24. The molecule has 0 aliphatic carbocycles. The van der Waals surface area contributed by atoms with Gasteiger partial charge >= 0.3 is 5.97 Å². The molecule has 0 aliphatic heterocycles. The maximum absolute atomic E-state index is 12.0. The number of aliphatic carboxylic acids is 1. The van der Waals surface area contributed by atoms with Crippen LogP contribution in [0.5, 0.6) is 0 Å². The van der Waals surface area contributed by atoms with Gasteiger partial charge in [-0.05, 0) is 27.2 Å². The minimum absolute atomic E-state index is 0.0411. The molecule has 0 radical (unpaired) electrons. The Hall–Kier alpha value is -1.14. The fourth-order valence-corrected chi connectivity index (χ4v) is 1.85. The van der Waals surface area contributed by atoms with E-state index in [2.05, 4.69) is 5.32 Å². The van der Waals surface area contributed by atoms with Gasteiger partial charge < -0.3 is 15.2 Å². The minimum Gasteiger partial charge on any atom is -0.481 e. The molecule has 1 atom stereocenters. The van der Waals surface area contributed by atoms with Gasteiger partial charge in [0.1, 0.15) is 0 Å². The van der Waals surface area contributed by atoms with E-state index in [0.717, 1.165) is 6.42 Å². The quantitative estimate of drug-likeness (QED) is 0.574. The van der Waals surface area contributed by atoms with Crippen LogP contribution in [0.2, 0.25) is 0 Å². The van der Waals surface area contributed by atoms with Crippen LogP contribution in [-0.2, 0) is 14.3 Å². The molecule has 1 amide bonds. The smallest absolute Gasteiger partial charge is 0.304 e. The molecule has 0 aromatic heterocycles. The molecule has 0 aromatic rings. The topological polar surface area (TPSA) is 78.9 Å². The number of nitrogens with one attached hydrogen (secondary N) is 1. The molecule has 1 unspecified atom stereocenters. The van der Waals surface area contributed by atoms with Crippen LogP contribution < -0.4 is 5.32 Å². The minimum atomic E-state index is -0.849. The average Bonchev–Trinajstić information content (AvgIpc) is 2.33. The van der Waals surface area contributed by atoms with Gasteiger partial charge in [-0.2, -0.15) is 0 Å². The number of hydrogen-bond acceptors (Lipinski definition) is 4. The van der Waals surface area contributed by atoms with Crippen molar-refractivity contribution in [3.05, 3.63) is 0 Å². The third kappa shape index (κ3) is 7.79. The molecule has 2 N–H and O–H groups in total. The SMILES string of the molecule is COCCCNC(=O)C(C)N(CCC(=O)O)C(C)C. The monoisotopic (exact) mass is 274 g/mol. The van der Waals surface area contributed by atoms with Crippen LogP contribution in [0.3, 0.4) is 0 Å². The maximum Gasteiger partial charge on any atom is 0.304 e. The van der Waals surface area contributed by atoms with E-state index < -0.39 is 5.97 Å². The molecule has 0 saturated carbocycles. The summed E-state index contributed by atoms with van der Waals surface area (Å²) in [5.74, 6) is -0.923. The Labute approximate surface area is 115 Å². The summed E-state index contributed by atoms with van der Waals surface area (Å²) in [6, 6.07) is -0.207. The van der Waals surface area contributed by atoms with E-state index in [9.17, 15) is 9.59 Å². The van der Waals surface area contributed by atoms with Crippen molar-refractivity contribution in [3.63, 3.8) is 0 Å². The number of nitrogens with zero attached hydrogens (tertiary/aromatic N) is 1. The van der Waals surface area contributed by atoms with Gasteiger partial charge in [0.15, 0.2) is 0 Å². The lowest BCUT2D eigenvalue weighted by Gasteiger charge is -2.31. The lowest BCUT2D eigenvalue weighted by atomic mass is 10.2. The van der Waals surface area contributed by atoms with Crippen molar-refractivity contribution in [1.29, 1.82) is 0 Å². The predicted octanol–water partition coefficient (Wildman–Crippen LogP) is 0.713. The van der Waals surface area contributed by atoms with Crippen molar-refractivity contribution in [2.45, 2.75) is 45.7 Å². The van der Waals surface area contributed by atoms with Crippen LogP contribution >= 0.6 is 0 Å². The summed E-state index contributed by atoms with van der Waals surface area (Å²) in [6.07, 6.45) is 0.811. The van der Waals surface area contributed by atoms with Crippen LogP contribution in [0.1, 0.15) is 33.6 Å². The summed E-state index contributed by atoms with van der Waals surface area (Å²) >= 11 is 0. The molecule has 6 heteroatoms. The average molecular weight is 274 g/mol. The van der Waals surface area contributed by atoms with Gasteiger partial charge in [-0.1, -0.05) is 0 Å². The van der Waals surface area contributed by atoms with Crippen molar-refractivity contribution in [2.75, 3.05) is 26.8 Å². The summed E-state index contributed by atoms with van der Waals surface area (Å²) in [7, 11) is 1.62. The zero-order valence-electron chi connectivity index (χ0n) is 12.3. The van der Waals surface area contributed by atoms with E-state index in [1.165, 1.54) is 0 Å². The molecule has 0 aliphatic rings. The Kier molecular flexibility index (Phi) is 9.16. The Morgan fingerprint density at radius 1 is 1.32 bits per heavy atom. The van der Waals surface area contributed by atoms with Gasteiger partial charge in [-0.25, -0.2) is 0 Å². The number of hydrogen-bond donors (Lipinski definition) is 2. The van der Waals surface area contributed by atoms with Gasteiger partial charge in [0.25, 0.3) is 0 Å². The standard InChI is InChI=1S/C13H26N2O4/c1-10(2)15(8-6-12(16)17)11(3)13(18)14-7-5-9-19-4/h10-11H,5-9H2,1-4H3,(H,14,18)(H,16,17). The van der Waals surface area contributed by atoms with Crippen molar-refractivity contribution in [3.8, 4) is 0 Å². The van der Waals surface area contributed by atoms with Gasteiger partial charge in [0.2, 0.25) is 5.91 Å². The molecule has 112 valence electrons. The van der Waals surface area contributed by atoms with Crippen molar-refractivity contribution in [1.82, 2.24) is 10.2 Å². The van der Waals surface area contributed by atoms with E-state index in [1.807, 2.05) is 18.7 Å². The van der Waals surface area contributed by atoms with Crippen LogP contribution in [-0.4, -0.2) is 60.8 Å². The molecular formula is C13H26N2O4. The second kappa shape index (κ2) is 9.75. The molecule has 19 heavy (non-hydrogen) atoms. The fraction of sp³-hybridized carbons (Fsp3) is 0.846. The Morgan fingerprint density at radius 2 is 1.95 bits per heavy atom. The second-order valence-corrected chi connectivity index (χ2v) is 4.79. The lowest BCUT2D eigenvalue weighted by molar-refractivity contribution is -0.138. The first-order chi connectivity index (χ1) is 8.90. The molecular weight excluding hydrogens is 248 g/mol. The molecule has 0 bridgehead atoms. The Morgan fingerprint density at radius 3 is 2.42 bits per heavy atom. The number of ether oxygens (including phenoxy) is 1. The lowest BCUT2D eigenvalue weighted by Crippen LogP contribution is -2.49. The van der Waals surface area contributed by atoms with Crippen molar-refractivity contribution >= 4 is 11.9 Å². The highest BCUT2D eigenvalue weighted by Crippen LogP contribution is 2.07. The highest BCUT2D eigenvalue weighted by Gasteiger charge is 2.23. The highest BCUT2D eigenvalue weighted by atomic mass is 16.5. The van der Waals surface area contributed by atoms with Crippen LogP contribution in [0.4, 0.5) is 0 Å². The Bertz CT molecular complexity index is 282. The first kappa shape index (κ1) is 17.9. The number of carboxylic acids is 1. The van der Waals surface area contributed by atoms with Gasteiger partial charge in [-0.3, -0.25) is 14.5 Å². The van der Waals surface area contributed by atoms with Crippen LogP contribution in [0.15, 0.2) is 0 Å².